The molecule has 2 heterocycles. The van der Waals surface area contributed by atoms with Gasteiger partial charge in [-0.1, -0.05) is 11.6 Å². The van der Waals surface area contributed by atoms with Crippen LogP contribution in [-0.2, 0) is 11.3 Å². The van der Waals surface area contributed by atoms with Gasteiger partial charge in [0.15, 0.2) is 0 Å². The lowest BCUT2D eigenvalue weighted by Gasteiger charge is -2.26. The van der Waals surface area contributed by atoms with Crippen LogP contribution in [0.2, 0.25) is 5.02 Å². The number of halogens is 1. The first kappa shape index (κ1) is 16.7. The van der Waals surface area contributed by atoms with Crippen LogP contribution < -0.4 is 0 Å². The number of hydrogen-bond acceptors (Lipinski definition) is 4. The maximum atomic E-state index is 12.9. The Morgan fingerprint density at radius 1 is 1.33 bits per heavy atom. The molecule has 1 aromatic carbocycles. The van der Waals surface area contributed by atoms with Crippen LogP contribution in [0.25, 0.3) is 0 Å². The average Bonchev–Trinajstić information content (AvgIpc) is 3.10. The van der Waals surface area contributed by atoms with Crippen molar-refractivity contribution in [3.63, 3.8) is 0 Å². The molecule has 1 fully saturated rings. The maximum absolute atomic E-state index is 12.9. The number of amides is 1. The van der Waals surface area contributed by atoms with E-state index < -0.39 is 0 Å². The quantitative estimate of drug-likeness (QED) is 0.902. The standard InChI is InChI=1S/C18H19ClN2O3/c19-16-10-14(3-4-17(16)22)18(23)21(12-15-2-1-9-24-15)11-13-5-7-20-8-6-13/h3-8,10,15,22H,1-2,9,11-12H2/t15-/m1/s1. The Morgan fingerprint density at radius 3 is 2.79 bits per heavy atom. The minimum atomic E-state index is -0.135. The van der Waals surface area contributed by atoms with E-state index in [1.807, 2.05) is 12.1 Å². The first-order valence-electron chi connectivity index (χ1n) is 7.92. The molecule has 0 bridgehead atoms. The number of nitrogens with zero attached hydrogens (tertiary/aromatic N) is 2. The maximum Gasteiger partial charge on any atom is 0.254 e. The molecule has 0 saturated carbocycles. The number of benzene rings is 1. The molecule has 6 heteroatoms. The summed E-state index contributed by atoms with van der Waals surface area (Å²) in [6, 6.07) is 8.29. The van der Waals surface area contributed by atoms with E-state index in [0.29, 0.717) is 18.7 Å². The Kier molecular flexibility index (Phi) is 5.33. The van der Waals surface area contributed by atoms with Gasteiger partial charge in [-0.05, 0) is 48.7 Å². The van der Waals surface area contributed by atoms with Crippen LogP contribution in [0.3, 0.4) is 0 Å². The van der Waals surface area contributed by atoms with Crippen LogP contribution in [-0.4, -0.2) is 40.2 Å². The highest BCUT2D eigenvalue weighted by Gasteiger charge is 2.24. The van der Waals surface area contributed by atoms with Gasteiger partial charge in [-0.3, -0.25) is 9.78 Å². The van der Waals surface area contributed by atoms with Crippen molar-refractivity contribution in [2.45, 2.75) is 25.5 Å². The van der Waals surface area contributed by atoms with Gasteiger partial charge in [-0.2, -0.15) is 0 Å². The fraction of sp³-hybridized carbons (Fsp3) is 0.333. The number of pyridine rings is 1. The van der Waals surface area contributed by atoms with Gasteiger partial charge in [0.1, 0.15) is 5.75 Å². The zero-order valence-electron chi connectivity index (χ0n) is 13.2. The molecule has 5 nitrogen and oxygen atoms in total. The molecule has 1 saturated heterocycles. The first-order valence-corrected chi connectivity index (χ1v) is 8.29. The van der Waals surface area contributed by atoms with Crippen molar-refractivity contribution in [3.05, 3.63) is 58.9 Å². The molecule has 1 N–H and O–H groups in total. The summed E-state index contributed by atoms with van der Waals surface area (Å²) in [5.74, 6) is -0.169. The van der Waals surface area contributed by atoms with Crippen LogP contribution in [0, 0.1) is 0 Å². The Hall–Kier alpha value is -2.11. The van der Waals surface area contributed by atoms with Gasteiger partial charge in [0, 0.05) is 37.7 Å². The molecule has 0 spiro atoms. The number of aromatic hydroxyl groups is 1. The summed E-state index contributed by atoms with van der Waals surface area (Å²) in [5, 5.41) is 9.71. The van der Waals surface area contributed by atoms with Crippen molar-refractivity contribution < 1.29 is 14.6 Å². The molecule has 1 aromatic heterocycles. The number of ether oxygens (including phenoxy) is 1. The number of carbonyl (C=O) groups excluding carboxylic acids is 1. The summed E-state index contributed by atoms with van der Waals surface area (Å²) in [4.78, 5) is 18.7. The predicted molar refractivity (Wildman–Crippen MR) is 91.1 cm³/mol. The van der Waals surface area contributed by atoms with E-state index in [1.54, 1.807) is 23.4 Å². The summed E-state index contributed by atoms with van der Waals surface area (Å²) in [6.07, 6.45) is 5.45. The van der Waals surface area contributed by atoms with Crippen molar-refractivity contribution in [1.29, 1.82) is 0 Å². The number of rotatable bonds is 5. The van der Waals surface area contributed by atoms with Crippen LogP contribution >= 0.6 is 11.6 Å². The fourth-order valence-electron chi connectivity index (χ4n) is 2.78. The van der Waals surface area contributed by atoms with E-state index in [-0.39, 0.29) is 22.8 Å². The van der Waals surface area contributed by atoms with Gasteiger partial charge in [0.2, 0.25) is 0 Å². The smallest absolute Gasteiger partial charge is 0.254 e. The minimum Gasteiger partial charge on any atom is -0.506 e. The van der Waals surface area contributed by atoms with Gasteiger partial charge in [0.25, 0.3) is 5.91 Å². The molecule has 1 amide bonds. The predicted octanol–water partition coefficient (Wildman–Crippen LogP) is 3.26. The van der Waals surface area contributed by atoms with E-state index in [1.165, 1.54) is 12.1 Å². The Balaban J connectivity index is 1.81. The van der Waals surface area contributed by atoms with Gasteiger partial charge in [0.05, 0.1) is 11.1 Å². The second-order valence-electron chi connectivity index (χ2n) is 5.84. The Bertz CT molecular complexity index is 703. The zero-order valence-corrected chi connectivity index (χ0v) is 13.9. The zero-order chi connectivity index (χ0) is 16.9. The molecule has 1 aliphatic heterocycles. The molecule has 1 atom stereocenters. The fourth-order valence-corrected chi connectivity index (χ4v) is 2.97. The molecule has 1 aliphatic rings. The third-order valence-corrected chi connectivity index (χ3v) is 4.36. The normalized spacial score (nSPS) is 17.0. The van der Waals surface area contributed by atoms with Crippen molar-refractivity contribution in [1.82, 2.24) is 9.88 Å². The number of hydrogen-bond donors (Lipinski definition) is 1. The SMILES string of the molecule is O=C(c1ccc(O)c(Cl)c1)N(Cc1ccncc1)C[C@H]1CCCO1. The van der Waals surface area contributed by atoms with Crippen LogP contribution in [0.5, 0.6) is 5.75 Å². The Morgan fingerprint density at radius 2 is 2.12 bits per heavy atom. The summed E-state index contributed by atoms with van der Waals surface area (Å²) in [7, 11) is 0. The van der Waals surface area contributed by atoms with Gasteiger partial charge >= 0.3 is 0 Å². The van der Waals surface area contributed by atoms with Crippen LogP contribution in [0.4, 0.5) is 0 Å². The number of carbonyl (C=O) groups is 1. The molecular formula is C18H19ClN2O3. The van der Waals surface area contributed by atoms with Crippen molar-refractivity contribution >= 4 is 17.5 Å². The van der Waals surface area contributed by atoms with Gasteiger partial charge < -0.3 is 14.7 Å². The number of phenols is 1. The highest BCUT2D eigenvalue weighted by Crippen LogP contribution is 2.25. The molecule has 3 rings (SSSR count). The van der Waals surface area contributed by atoms with Crippen LogP contribution in [0.15, 0.2) is 42.7 Å². The molecule has 2 aromatic rings. The van der Waals surface area contributed by atoms with Gasteiger partial charge in [-0.15, -0.1) is 0 Å². The molecular weight excluding hydrogens is 328 g/mol. The third kappa shape index (κ3) is 4.04. The second-order valence-corrected chi connectivity index (χ2v) is 6.25. The summed E-state index contributed by atoms with van der Waals surface area (Å²) < 4.78 is 5.68. The molecule has 0 unspecified atom stereocenters. The second kappa shape index (κ2) is 7.64. The van der Waals surface area contributed by atoms with E-state index in [4.69, 9.17) is 16.3 Å². The summed E-state index contributed by atoms with van der Waals surface area (Å²) in [5.41, 5.74) is 1.45. The molecule has 24 heavy (non-hydrogen) atoms. The highest BCUT2D eigenvalue weighted by atomic mass is 35.5. The monoisotopic (exact) mass is 346 g/mol. The molecule has 0 radical (unpaired) electrons. The minimum absolute atomic E-state index is 0.0342. The van der Waals surface area contributed by atoms with Crippen LogP contribution in [0.1, 0.15) is 28.8 Å². The lowest BCUT2D eigenvalue weighted by molar-refractivity contribution is 0.0507. The average molecular weight is 347 g/mol. The van der Waals surface area contributed by atoms with E-state index >= 15 is 0 Å². The van der Waals surface area contributed by atoms with Crippen molar-refractivity contribution in [2.75, 3.05) is 13.2 Å². The lowest BCUT2D eigenvalue weighted by Crippen LogP contribution is -2.37. The third-order valence-electron chi connectivity index (χ3n) is 4.05. The molecule has 126 valence electrons. The topological polar surface area (TPSA) is 62.7 Å². The number of phenolic OH excluding ortho intramolecular Hbond substituents is 1. The summed E-state index contributed by atoms with van der Waals surface area (Å²) >= 11 is 5.94. The first-order chi connectivity index (χ1) is 11.6. The largest absolute Gasteiger partial charge is 0.506 e. The van der Waals surface area contributed by atoms with E-state index in [0.717, 1.165) is 25.0 Å². The van der Waals surface area contributed by atoms with E-state index in [2.05, 4.69) is 4.98 Å². The Labute approximate surface area is 145 Å². The summed E-state index contributed by atoms with van der Waals surface area (Å²) in [6.45, 7) is 1.74. The molecule has 0 aliphatic carbocycles. The highest BCUT2D eigenvalue weighted by molar-refractivity contribution is 6.32. The van der Waals surface area contributed by atoms with Crippen molar-refractivity contribution in [3.8, 4) is 5.75 Å². The van der Waals surface area contributed by atoms with Crippen molar-refractivity contribution in [2.24, 2.45) is 0 Å². The van der Waals surface area contributed by atoms with Gasteiger partial charge in [-0.25, -0.2) is 0 Å². The number of aromatic nitrogens is 1. The van der Waals surface area contributed by atoms with E-state index in [9.17, 15) is 9.90 Å². The lowest BCUT2D eigenvalue weighted by atomic mass is 10.1.